The van der Waals surface area contributed by atoms with Gasteiger partial charge in [-0.1, -0.05) is 20.8 Å². The van der Waals surface area contributed by atoms with Gasteiger partial charge in [-0.05, 0) is 124 Å². The van der Waals surface area contributed by atoms with Crippen molar-refractivity contribution < 1.29 is 82.5 Å². The molecule has 8 aliphatic rings. The van der Waals surface area contributed by atoms with Crippen LogP contribution in [0.5, 0.6) is 0 Å². The molecule has 4 aromatic heterocycles. The summed E-state index contributed by atoms with van der Waals surface area (Å²) >= 11 is 4.61. The van der Waals surface area contributed by atoms with Crippen LogP contribution in [0.4, 0.5) is 0 Å². The fourth-order valence-corrected chi connectivity index (χ4v) is 21.4. The van der Waals surface area contributed by atoms with E-state index in [0.29, 0.717) is 19.2 Å². The lowest BCUT2D eigenvalue weighted by atomic mass is 9.74. The molecule has 113 heavy (non-hydrogen) atoms. The predicted octanol–water partition coefficient (Wildman–Crippen LogP) is 4.24. The van der Waals surface area contributed by atoms with E-state index < -0.39 is 151 Å². The maximum atomic E-state index is 13.8. The van der Waals surface area contributed by atoms with Crippen LogP contribution in [0.15, 0.2) is 87.4 Å². The highest BCUT2D eigenvalue weighted by Gasteiger charge is 2.72. The molecule has 0 aliphatic carbocycles. The molecule has 37 nitrogen and oxygen atoms in total. The average Bonchev–Trinajstić information content (AvgIpc) is 1.68. The summed E-state index contributed by atoms with van der Waals surface area (Å²) in [7, 11) is -1.79. The first-order chi connectivity index (χ1) is 55.5. The Bertz CT molecular complexity index is 4290. The molecule has 0 spiro atoms. The highest BCUT2D eigenvalue weighted by Crippen LogP contribution is 2.62. The largest absolute Gasteiger partial charge is 0.400 e. The Morgan fingerprint density at radius 2 is 0.938 bits per heavy atom. The fraction of sp³-hybridized carbons (Fsp3) is 0.753. The second kappa shape index (κ2) is 39.5. The number of aliphatic hydroxyl groups is 5. The summed E-state index contributed by atoms with van der Waals surface area (Å²) in [4.78, 5) is 101. The average molecular weight is 1670 g/mol. The molecule has 4 aromatic rings. The molecule has 17 atom stereocenters. The molecule has 12 heterocycles. The number of fused-ring (bicyclic) bond motifs is 8. The van der Waals surface area contributed by atoms with Gasteiger partial charge in [-0.25, -0.2) is 33.2 Å². The summed E-state index contributed by atoms with van der Waals surface area (Å²) < 4.78 is 123. The van der Waals surface area contributed by atoms with E-state index in [1.807, 2.05) is 34.6 Å². The normalized spacial score (nSPS) is 31.6. The molecule has 9 N–H and O–H groups in total. The molecule has 2 unspecified atom stereocenters. The van der Waals surface area contributed by atoms with Gasteiger partial charge >= 0.3 is 22.8 Å². The van der Waals surface area contributed by atoms with E-state index in [1.165, 1.54) is 86.3 Å². The van der Waals surface area contributed by atoms with Gasteiger partial charge < -0.3 is 72.5 Å². The van der Waals surface area contributed by atoms with Gasteiger partial charge in [0.15, 0.2) is 24.9 Å². The SMILES string of the molecule is CC(C)N(C(C)C)P(=O)(CCC#N)N(C(C)C)C(C)C.CC[C@]12CO[C@H]([C@H](n3ccc(=O)[nH]c3=O)O1)C2(C)C.C[C@@]1(O)[C@@H]2OC[C@@]1(CO)O[C@H]2n1ccc(=O)[nH]c1=O.[2H]C([3H])Cl.[2H]C[C@]12CO[C@H]([C@H](n3ccc(=O)[nH]c3=O)O1)[C@@]2(C)O.[2H]C[C@]12CO[C@H]([C@H](n3ccc(=O)[nH]c3=O)O1)[C@@]2(C)OP(OCCC#N)N(C(C)C)C(C)C.[3H]OC.[3H]OC. The Hall–Kier alpha value is -6.07. The first-order valence-corrected chi connectivity index (χ1v) is 40.2. The van der Waals surface area contributed by atoms with Crippen LogP contribution in [-0.2, 0) is 51.5 Å². The standard InChI is InChI=1S/C20H31N4O6P.C15H32N3OP.C13H18N2O4.C11H14N2O6.C11H14N2O5.CH3Cl.2CH4O/c1-13(2)24(14(3)4)31(28-11-7-9-21)30-20(6)16-17(29-19(20,5)12-27-16)23-10-8-15(25)22-18(23)26;1-12(2)17(13(3)4)20(19,11-9-10-16)18(14(5)6)15(7)8;1-4-13-7-18-9(12(13,2)3)10(19-13)15-6-5-8(16)14-11(15)17;1-10(17)7-8(19-11(10,4-14)5-18-7)13-3-2-6(15)12-9(13)16;1-10-5-17-7(11(10,2)16)8(18-10)13-4-3-6(14)12-9(13)15;3*1-2/h8,10,13-14,16-17H,7,11-12H2,1-6H3,(H,22,25,26);12-15H,9,11H2,1-8H3;5-6,9-10H,4,7H2,1-3H3,(H,14,16,17);2-3,7-8,14,17H,4-5H2,1H3,(H,12,15,16);3-4,7-8,16H,5H2,1-2H3,(H,12,14,15);1H3;2*2H,1H3/t16-,17-,19-,20-,31?;;9-,10-,13-;2*7-,8-,10-,11-;;;/m1.111.../s1/i5D;;;;1D;1TD;2*2T. The number of ether oxygens (including phenoxy) is 8. The summed E-state index contributed by atoms with van der Waals surface area (Å²) in [5.74, 6) is 0. The lowest BCUT2D eigenvalue weighted by Gasteiger charge is -2.46. The topological polar surface area (TPSA) is 487 Å². The molecule has 0 saturated carbocycles. The fourth-order valence-electron chi connectivity index (χ4n) is 15.5. The lowest BCUT2D eigenvalue weighted by molar-refractivity contribution is -0.191. The van der Waals surface area contributed by atoms with Crippen LogP contribution in [0, 0.1) is 28.1 Å². The molecular weight excluding hydrogens is 1540 g/mol. The highest BCUT2D eigenvalue weighted by molar-refractivity contribution is 7.59. The van der Waals surface area contributed by atoms with Crippen molar-refractivity contribution in [2.45, 2.75) is 282 Å². The number of rotatable bonds is 22. The van der Waals surface area contributed by atoms with Crippen LogP contribution in [0.1, 0.15) is 188 Å². The summed E-state index contributed by atoms with van der Waals surface area (Å²) in [6, 6.07) is 10.1. The van der Waals surface area contributed by atoms with Crippen LogP contribution in [0.2, 0.25) is 0 Å². The van der Waals surface area contributed by atoms with Crippen LogP contribution in [0.25, 0.3) is 0 Å². The third kappa shape index (κ3) is 19.4. The maximum Gasteiger partial charge on any atom is 0.330 e. The Kier molecular flexibility index (Phi) is 30.6. The van der Waals surface area contributed by atoms with Crippen molar-refractivity contribution in [2.75, 3.05) is 66.4 Å². The van der Waals surface area contributed by atoms with Crippen molar-refractivity contribution in [3.63, 3.8) is 0 Å². The molecular formula is C73H120ClN13O24P2. The minimum Gasteiger partial charge on any atom is -0.400 e. The summed E-state index contributed by atoms with van der Waals surface area (Å²) in [6.07, 6.45) is 0.508. The molecule has 638 valence electrons. The smallest absolute Gasteiger partial charge is 0.330 e. The lowest BCUT2D eigenvalue weighted by Crippen LogP contribution is -2.52. The number of hydrogen-bond donors (Lipinski definition) is 9. The maximum absolute atomic E-state index is 13.8. The van der Waals surface area contributed by atoms with Gasteiger partial charge in [0.05, 0.1) is 58.2 Å². The number of H-pyrrole nitrogens is 4. The third-order valence-electron chi connectivity index (χ3n) is 21.3. The number of alkyl halides is 1. The Morgan fingerprint density at radius 1 is 0.593 bits per heavy atom. The quantitative estimate of drug-likeness (QED) is 0.0302. The summed E-state index contributed by atoms with van der Waals surface area (Å²) in [5.41, 5.74) is -12.2. The van der Waals surface area contributed by atoms with E-state index in [0.717, 1.165) is 15.6 Å². The second-order valence-corrected chi connectivity index (χ2v) is 34.8. The zero-order chi connectivity index (χ0) is 90.3. The number of aliphatic hydroxyl groups excluding tert-OH is 3. The van der Waals surface area contributed by atoms with Gasteiger partial charge in [0, 0.05) is 129 Å². The molecule has 8 saturated heterocycles. The first kappa shape index (κ1) is 87.8. The van der Waals surface area contributed by atoms with Crippen molar-refractivity contribution in [2.24, 2.45) is 5.41 Å². The van der Waals surface area contributed by atoms with Gasteiger partial charge in [-0.15, -0.1) is 11.6 Å². The first-order valence-electron chi connectivity index (χ1n) is 40.2. The number of aromatic amines is 4. The van der Waals surface area contributed by atoms with Crippen molar-refractivity contribution >= 4 is 27.6 Å². The Morgan fingerprint density at radius 3 is 1.29 bits per heavy atom. The molecule has 8 aliphatic heterocycles. The molecule has 12 rings (SSSR count). The minimum absolute atomic E-state index is 0.0514. The van der Waals surface area contributed by atoms with Crippen molar-refractivity contribution in [1.29, 1.82) is 13.4 Å². The number of hydrogen-bond acceptors (Lipinski definition) is 27. The number of nitriles is 2. The highest BCUT2D eigenvalue weighted by atomic mass is 35.5. The van der Waals surface area contributed by atoms with Crippen LogP contribution >= 0.6 is 27.6 Å². The minimum atomic E-state index is -2.74. The van der Waals surface area contributed by atoms with Crippen LogP contribution in [0.3, 0.4) is 0 Å². The Labute approximate surface area is 671 Å². The zero-order valence-electron chi connectivity index (χ0n) is 74.0. The molecule has 8 fully saturated rings. The monoisotopic (exact) mass is 1670 g/mol. The van der Waals surface area contributed by atoms with Crippen molar-refractivity contribution in [3.8, 4) is 12.1 Å². The van der Waals surface area contributed by atoms with Gasteiger partial charge in [-0.3, -0.25) is 61.9 Å². The van der Waals surface area contributed by atoms with Crippen molar-refractivity contribution in [1.82, 2.24) is 52.2 Å². The molecule has 0 amide bonds. The number of aromatic nitrogens is 8. The van der Waals surface area contributed by atoms with E-state index in [1.54, 1.807) is 0 Å². The molecule has 40 heteroatoms. The second-order valence-electron chi connectivity index (χ2n) is 30.7. The van der Waals surface area contributed by atoms with Crippen molar-refractivity contribution in [3.05, 3.63) is 132 Å². The van der Waals surface area contributed by atoms with E-state index in [4.69, 9.17) is 65.8 Å². The summed E-state index contributed by atoms with van der Waals surface area (Å²) in [6.45, 7) is 36.2. The Balaban J connectivity index is 0.000000261. The predicted molar refractivity (Wildman–Crippen MR) is 419 cm³/mol. The van der Waals surface area contributed by atoms with Gasteiger partial charge in [0.2, 0.25) is 10.3 Å². The van der Waals surface area contributed by atoms with E-state index in [2.05, 4.69) is 144 Å². The van der Waals surface area contributed by atoms with Crippen LogP contribution < -0.4 is 45.0 Å². The number of nitrogens with zero attached hydrogens (tertiary/aromatic N) is 9. The summed E-state index contributed by atoms with van der Waals surface area (Å²) in [5, 5.41) is 55.2. The zero-order valence-corrected chi connectivity index (χ0v) is 70.5. The van der Waals surface area contributed by atoms with Crippen LogP contribution in [-0.4, -0.2) is 247 Å². The molecule has 0 radical (unpaired) electrons. The number of halogens is 1. The third-order valence-corrected chi connectivity index (χ3v) is 27.6. The van der Waals surface area contributed by atoms with E-state index in [-0.39, 0.29) is 100 Å². The van der Waals surface area contributed by atoms with Gasteiger partial charge in [0.25, 0.3) is 30.8 Å². The molecule has 8 bridgehead atoms. The molecule has 0 aromatic carbocycles. The van der Waals surface area contributed by atoms with Gasteiger partial charge in [0.1, 0.15) is 63.6 Å². The van der Waals surface area contributed by atoms with E-state index in [9.17, 15) is 58.2 Å². The van der Waals surface area contributed by atoms with Gasteiger partial charge in [-0.2, -0.15) is 10.5 Å². The number of nitrogens with one attached hydrogen (secondary N) is 4. The van der Waals surface area contributed by atoms with E-state index >= 15 is 0 Å².